The van der Waals surface area contributed by atoms with E-state index in [0.29, 0.717) is 19.3 Å². The Hall–Kier alpha value is -4.19. The number of allylic oxidation sites excluding steroid dienone is 20. The third-order valence-electron chi connectivity index (χ3n) is 12.9. The highest BCUT2D eigenvalue weighted by atomic mass is 16.6. The Morgan fingerprint density at radius 3 is 0.760 bits per heavy atom. The highest BCUT2D eigenvalue weighted by molar-refractivity contribution is 5.71. The van der Waals surface area contributed by atoms with Gasteiger partial charge in [0.05, 0.1) is 0 Å². The Kier molecular flexibility index (Phi) is 58.9. The normalized spacial score (nSPS) is 12.9. The first-order chi connectivity index (χ1) is 37.0. The van der Waals surface area contributed by atoms with Crippen LogP contribution in [0.5, 0.6) is 0 Å². The van der Waals surface area contributed by atoms with Crippen LogP contribution < -0.4 is 0 Å². The van der Waals surface area contributed by atoms with E-state index < -0.39 is 6.10 Å². The quantitative estimate of drug-likeness (QED) is 0.0261. The van der Waals surface area contributed by atoms with Crippen molar-refractivity contribution < 1.29 is 28.6 Å². The molecule has 0 radical (unpaired) electrons. The third-order valence-corrected chi connectivity index (χ3v) is 12.9. The molecule has 0 rings (SSSR count). The van der Waals surface area contributed by atoms with E-state index in [1.807, 2.05) is 0 Å². The Balaban J connectivity index is 4.31. The number of hydrogen-bond donors (Lipinski definition) is 0. The molecule has 6 nitrogen and oxygen atoms in total. The first kappa shape index (κ1) is 70.8. The fourth-order valence-electron chi connectivity index (χ4n) is 8.40. The van der Waals surface area contributed by atoms with Gasteiger partial charge in [0.2, 0.25) is 0 Å². The molecule has 426 valence electrons. The molecule has 0 aromatic rings. The van der Waals surface area contributed by atoms with E-state index in [9.17, 15) is 14.4 Å². The van der Waals surface area contributed by atoms with Gasteiger partial charge in [0.15, 0.2) is 6.10 Å². The summed E-state index contributed by atoms with van der Waals surface area (Å²) in [4.78, 5) is 38.2. The summed E-state index contributed by atoms with van der Waals surface area (Å²) in [6.45, 7) is 6.28. The van der Waals surface area contributed by atoms with Crippen LogP contribution in [0.1, 0.15) is 278 Å². The summed E-state index contributed by atoms with van der Waals surface area (Å²) in [5, 5.41) is 0. The zero-order valence-corrected chi connectivity index (χ0v) is 48.8. The van der Waals surface area contributed by atoms with Crippen LogP contribution in [0, 0.1) is 0 Å². The third kappa shape index (κ3) is 60.6. The number of rotatable bonds is 55. The van der Waals surface area contributed by atoms with Crippen LogP contribution in [0.15, 0.2) is 122 Å². The molecule has 0 saturated heterocycles. The lowest BCUT2D eigenvalue weighted by Crippen LogP contribution is -2.30. The number of hydrogen-bond acceptors (Lipinski definition) is 6. The van der Waals surface area contributed by atoms with Gasteiger partial charge in [-0.1, -0.05) is 258 Å². The van der Waals surface area contributed by atoms with Gasteiger partial charge in [0.25, 0.3) is 0 Å². The van der Waals surface area contributed by atoms with E-state index in [1.54, 1.807) is 0 Å². The van der Waals surface area contributed by atoms with Crippen molar-refractivity contribution in [1.29, 1.82) is 0 Å². The lowest BCUT2D eigenvalue weighted by molar-refractivity contribution is -0.167. The average Bonchev–Trinajstić information content (AvgIpc) is 3.41. The van der Waals surface area contributed by atoms with E-state index in [2.05, 4.69) is 142 Å². The van der Waals surface area contributed by atoms with Gasteiger partial charge < -0.3 is 14.2 Å². The zero-order chi connectivity index (χ0) is 54.3. The van der Waals surface area contributed by atoms with E-state index in [0.717, 1.165) is 135 Å². The Morgan fingerprint density at radius 2 is 0.480 bits per heavy atom. The second-order valence-electron chi connectivity index (χ2n) is 20.2. The average molecular weight is 1040 g/mol. The predicted octanol–water partition coefficient (Wildman–Crippen LogP) is 21.2. The molecule has 0 amide bonds. The van der Waals surface area contributed by atoms with E-state index in [1.165, 1.54) is 103 Å². The molecule has 0 N–H and O–H groups in total. The summed E-state index contributed by atoms with van der Waals surface area (Å²) >= 11 is 0. The molecule has 1 unspecified atom stereocenters. The molecule has 75 heavy (non-hydrogen) atoms. The van der Waals surface area contributed by atoms with Crippen LogP contribution >= 0.6 is 0 Å². The van der Waals surface area contributed by atoms with Crippen molar-refractivity contribution in [2.75, 3.05) is 13.2 Å². The van der Waals surface area contributed by atoms with E-state index >= 15 is 0 Å². The molecular formula is C69H114O6. The standard InChI is InChI=1S/C69H114O6/c1-4-7-10-13-16-19-22-25-27-29-30-31-32-33-34-35-36-37-38-40-41-44-47-50-53-56-59-62-68(71)74-65-66(64-73-67(70)61-58-55-52-49-46-43-24-21-18-15-12-9-6-3)75-69(72)63-60-57-54-51-48-45-42-39-28-26-23-20-17-14-11-8-5-2/h7-12,16-21,25-28,30-31,43,46,66H,4-6,13-15,22-24,29,32-42,44-45,47-65H2,1-3H3/b10-7-,11-8-,12-9-,19-16-,20-17-,21-18-,27-25-,28-26-,31-30-,46-43-. The maximum absolute atomic E-state index is 12.9. The topological polar surface area (TPSA) is 78.9 Å². The molecule has 0 heterocycles. The van der Waals surface area contributed by atoms with Gasteiger partial charge in [0.1, 0.15) is 13.2 Å². The van der Waals surface area contributed by atoms with Crippen LogP contribution in [0.4, 0.5) is 0 Å². The van der Waals surface area contributed by atoms with Gasteiger partial charge in [-0.2, -0.15) is 0 Å². The summed E-state index contributed by atoms with van der Waals surface area (Å²) in [5.41, 5.74) is 0. The minimum atomic E-state index is -0.799. The van der Waals surface area contributed by atoms with Crippen molar-refractivity contribution in [3.05, 3.63) is 122 Å². The number of ether oxygens (including phenoxy) is 3. The Morgan fingerprint density at radius 1 is 0.267 bits per heavy atom. The highest BCUT2D eigenvalue weighted by Crippen LogP contribution is 2.16. The van der Waals surface area contributed by atoms with Crippen LogP contribution in [-0.4, -0.2) is 37.2 Å². The van der Waals surface area contributed by atoms with Gasteiger partial charge >= 0.3 is 17.9 Å². The van der Waals surface area contributed by atoms with Crippen molar-refractivity contribution in [3.63, 3.8) is 0 Å². The summed E-state index contributed by atoms with van der Waals surface area (Å²) in [5.74, 6) is -0.931. The van der Waals surface area contributed by atoms with Gasteiger partial charge in [-0.25, -0.2) is 0 Å². The minimum Gasteiger partial charge on any atom is -0.462 e. The molecule has 0 fully saturated rings. The first-order valence-electron chi connectivity index (χ1n) is 31.0. The summed E-state index contributed by atoms with van der Waals surface area (Å²) in [6, 6.07) is 0. The summed E-state index contributed by atoms with van der Waals surface area (Å²) in [7, 11) is 0. The Bertz CT molecular complexity index is 1570. The van der Waals surface area contributed by atoms with E-state index in [4.69, 9.17) is 14.2 Å². The number of carbonyl (C=O) groups excluding carboxylic acids is 3. The van der Waals surface area contributed by atoms with Crippen molar-refractivity contribution in [2.45, 2.75) is 284 Å². The van der Waals surface area contributed by atoms with Gasteiger partial charge in [-0.05, 0) is 122 Å². The second-order valence-corrected chi connectivity index (χ2v) is 20.2. The number of esters is 3. The molecule has 1 atom stereocenters. The molecule has 0 aliphatic heterocycles. The van der Waals surface area contributed by atoms with Gasteiger partial charge in [-0.3, -0.25) is 14.4 Å². The lowest BCUT2D eigenvalue weighted by atomic mass is 10.0. The summed E-state index contributed by atoms with van der Waals surface area (Å²) < 4.78 is 16.9. The van der Waals surface area contributed by atoms with Crippen molar-refractivity contribution in [2.24, 2.45) is 0 Å². The maximum atomic E-state index is 12.9. The van der Waals surface area contributed by atoms with Crippen molar-refractivity contribution >= 4 is 17.9 Å². The van der Waals surface area contributed by atoms with E-state index in [-0.39, 0.29) is 31.1 Å². The van der Waals surface area contributed by atoms with Crippen molar-refractivity contribution in [1.82, 2.24) is 0 Å². The van der Waals surface area contributed by atoms with Crippen LogP contribution in [0.25, 0.3) is 0 Å². The Labute approximate surface area is 462 Å². The number of carbonyl (C=O) groups is 3. The van der Waals surface area contributed by atoms with Crippen LogP contribution in [0.3, 0.4) is 0 Å². The molecule has 0 aromatic heterocycles. The van der Waals surface area contributed by atoms with Crippen LogP contribution in [-0.2, 0) is 28.6 Å². The summed E-state index contributed by atoms with van der Waals surface area (Å²) in [6.07, 6.45) is 86.4. The van der Waals surface area contributed by atoms with Gasteiger partial charge in [0, 0.05) is 19.3 Å². The predicted molar refractivity (Wildman–Crippen MR) is 325 cm³/mol. The SMILES string of the molecule is CC/C=C\C/C=C\C/C=C\C/C=C\CCCCCCCCCCCCCCCCC(=O)OCC(COC(=O)CCCCC/C=C\C/C=C\C/C=C\CC)OC(=O)CCCCCCCCC/C=C\C/C=C\C/C=C\CC. The second kappa shape index (κ2) is 62.4. The molecule has 0 saturated carbocycles. The molecule has 6 heteroatoms. The largest absolute Gasteiger partial charge is 0.462 e. The van der Waals surface area contributed by atoms with Crippen molar-refractivity contribution in [3.8, 4) is 0 Å². The number of unbranched alkanes of at least 4 members (excludes halogenated alkanes) is 24. The molecule has 0 aliphatic rings. The minimum absolute atomic E-state index is 0.0932. The smallest absolute Gasteiger partial charge is 0.306 e. The molecule has 0 spiro atoms. The maximum Gasteiger partial charge on any atom is 0.306 e. The molecule has 0 aliphatic carbocycles. The molecule has 0 bridgehead atoms. The van der Waals surface area contributed by atoms with Crippen LogP contribution in [0.2, 0.25) is 0 Å². The molecule has 0 aromatic carbocycles. The monoisotopic (exact) mass is 1040 g/mol. The highest BCUT2D eigenvalue weighted by Gasteiger charge is 2.19. The fourth-order valence-corrected chi connectivity index (χ4v) is 8.40. The first-order valence-corrected chi connectivity index (χ1v) is 31.0. The lowest BCUT2D eigenvalue weighted by Gasteiger charge is -2.18. The zero-order valence-electron chi connectivity index (χ0n) is 48.8. The fraction of sp³-hybridized carbons (Fsp3) is 0.667. The van der Waals surface area contributed by atoms with Gasteiger partial charge in [-0.15, -0.1) is 0 Å². The molecular weight excluding hydrogens is 925 g/mol.